The summed E-state index contributed by atoms with van der Waals surface area (Å²) in [5.74, 6) is -2.04. The molecule has 0 atom stereocenters. The largest absolute Gasteiger partial charge is 0.480 e. The van der Waals surface area contributed by atoms with E-state index in [1.54, 1.807) is 0 Å². The zero-order chi connectivity index (χ0) is 15.6. The summed E-state index contributed by atoms with van der Waals surface area (Å²) in [6, 6.07) is 0. The van der Waals surface area contributed by atoms with Gasteiger partial charge >= 0.3 is 12.1 Å². The minimum absolute atomic E-state index is 0.264. The molecule has 0 aromatic heterocycles. The number of amides is 1. The average Bonchev–Trinajstić information content (AvgIpc) is 2.27. The molecule has 2 N–H and O–H groups in total. The molecule has 0 heterocycles. The molecule has 4 nitrogen and oxygen atoms in total. The number of hydrogen-bond acceptors (Lipinski definition) is 2. The summed E-state index contributed by atoms with van der Waals surface area (Å²) in [7, 11) is 0. The molecule has 1 amide bonds. The summed E-state index contributed by atoms with van der Waals surface area (Å²) in [5.41, 5.74) is -3.58. The number of carboxylic acid groups (broad SMARTS) is 1. The Morgan fingerprint density at radius 2 is 1.65 bits per heavy atom. The van der Waals surface area contributed by atoms with E-state index in [2.05, 4.69) is 5.32 Å². The van der Waals surface area contributed by atoms with Gasteiger partial charge in [-0.1, -0.05) is 33.1 Å². The van der Waals surface area contributed by atoms with Crippen LogP contribution in [-0.2, 0) is 9.59 Å². The van der Waals surface area contributed by atoms with Gasteiger partial charge < -0.3 is 10.4 Å². The number of rotatable bonds is 4. The van der Waals surface area contributed by atoms with Gasteiger partial charge in [-0.25, -0.2) is 4.79 Å². The van der Waals surface area contributed by atoms with Crippen molar-refractivity contribution in [3.8, 4) is 0 Å². The SMILES string of the molecule is CC(C)(CC(=O)NC1(C(=O)O)CCCCC1)C(F)(F)F. The molecule has 116 valence electrons. The predicted molar refractivity (Wildman–Crippen MR) is 66.0 cm³/mol. The second kappa shape index (κ2) is 5.61. The monoisotopic (exact) mass is 295 g/mol. The van der Waals surface area contributed by atoms with Crippen LogP contribution in [0, 0.1) is 5.41 Å². The van der Waals surface area contributed by atoms with Gasteiger partial charge in [0.05, 0.1) is 5.41 Å². The van der Waals surface area contributed by atoms with Crippen LogP contribution in [-0.4, -0.2) is 28.7 Å². The van der Waals surface area contributed by atoms with Gasteiger partial charge in [0.15, 0.2) is 0 Å². The van der Waals surface area contributed by atoms with Gasteiger partial charge in [0.2, 0.25) is 5.91 Å². The molecule has 0 radical (unpaired) electrons. The van der Waals surface area contributed by atoms with Gasteiger partial charge in [0.25, 0.3) is 0 Å². The Morgan fingerprint density at radius 1 is 1.15 bits per heavy atom. The van der Waals surface area contributed by atoms with E-state index in [-0.39, 0.29) is 12.8 Å². The van der Waals surface area contributed by atoms with Crippen LogP contribution in [0.2, 0.25) is 0 Å². The summed E-state index contributed by atoms with van der Waals surface area (Å²) in [4.78, 5) is 23.1. The lowest BCUT2D eigenvalue weighted by Gasteiger charge is -2.35. The minimum atomic E-state index is -4.51. The van der Waals surface area contributed by atoms with Gasteiger partial charge in [-0.05, 0) is 12.8 Å². The maximum Gasteiger partial charge on any atom is 0.394 e. The zero-order valence-corrected chi connectivity index (χ0v) is 11.6. The van der Waals surface area contributed by atoms with Crippen molar-refractivity contribution in [2.24, 2.45) is 5.41 Å². The van der Waals surface area contributed by atoms with Gasteiger partial charge in [0, 0.05) is 6.42 Å². The van der Waals surface area contributed by atoms with Crippen molar-refractivity contribution in [2.45, 2.75) is 64.1 Å². The number of alkyl halides is 3. The minimum Gasteiger partial charge on any atom is -0.480 e. The first-order valence-electron chi connectivity index (χ1n) is 6.61. The third-order valence-electron chi connectivity index (χ3n) is 3.87. The fraction of sp³-hybridized carbons (Fsp3) is 0.846. The zero-order valence-electron chi connectivity index (χ0n) is 11.6. The smallest absolute Gasteiger partial charge is 0.394 e. The second-order valence-electron chi connectivity index (χ2n) is 6.05. The molecule has 7 heteroatoms. The standard InChI is InChI=1S/C13H20F3NO3/c1-11(2,13(14,15)16)8-9(18)17-12(10(19)20)6-4-3-5-7-12/h3-8H2,1-2H3,(H,17,18)(H,19,20). The van der Waals surface area contributed by atoms with E-state index in [1.165, 1.54) is 0 Å². The highest BCUT2D eigenvalue weighted by Crippen LogP contribution is 2.40. The van der Waals surface area contributed by atoms with Crippen molar-refractivity contribution in [1.29, 1.82) is 0 Å². The van der Waals surface area contributed by atoms with Crippen molar-refractivity contribution in [2.75, 3.05) is 0 Å². The molecular formula is C13H20F3NO3. The van der Waals surface area contributed by atoms with Crippen molar-refractivity contribution in [3.63, 3.8) is 0 Å². The maximum atomic E-state index is 12.7. The Balaban J connectivity index is 2.76. The van der Waals surface area contributed by atoms with Crippen molar-refractivity contribution in [3.05, 3.63) is 0 Å². The van der Waals surface area contributed by atoms with E-state index >= 15 is 0 Å². The fourth-order valence-electron chi connectivity index (χ4n) is 2.36. The Kier molecular flexibility index (Phi) is 4.71. The average molecular weight is 295 g/mol. The third-order valence-corrected chi connectivity index (χ3v) is 3.87. The van der Waals surface area contributed by atoms with Crippen LogP contribution >= 0.6 is 0 Å². The van der Waals surface area contributed by atoms with Crippen LogP contribution < -0.4 is 5.32 Å². The Hall–Kier alpha value is -1.27. The third kappa shape index (κ3) is 3.64. The molecular weight excluding hydrogens is 275 g/mol. The second-order valence-corrected chi connectivity index (χ2v) is 6.05. The summed E-state index contributed by atoms with van der Waals surface area (Å²) >= 11 is 0. The summed E-state index contributed by atoms with van der Waals surface area (Å²) < 4.78 is 38.2. The molecule has 1 fully saturated rings. The van der Waals surface area contributed by atoms with E-state index in [0.29, 0.717) is 12.8 Å². The molecule has 1 rings (SSSR count). The lowest BCUT2D eigenvalue weighted by atomic mass is 9.80. The number of carbonyl (C=O) groups is 2. The number of halogens is 3. The molecule has 1 saturated carbocycles. The molecule has 0 saturated heterocycles. The van der Waals surface area contributed by atoms with Crippen molar-refractivity contribution in [1.82, 2.24) is 5.32 Å². The number of aliphatic carboxylic acids is 1. The lowest BCUT2D eigenvalue weighted by Crippen LogP contribution is -2.56. The van der Waals surface area contributed by atoms with Crippen LogP contribution in [0.25, 0.3) is 0 Å². The highest BCUT2D eigenvalue weighted by Gasteiger charge is 2.49. The van der Waals surface area contributed by atoms with Crippen LogP contribution in [0.5, 0.6) is 0 Å². The number of nitrogens with one attached hydrogen (secondary N) is 1. The van der Waals surface area contributed by atoms with Crippen molar-refractivity contribution < 1.29 is 27.9 Å². The summed E-state index contributed by atoms with van der Waals surface area (Å²) in [6.45, 7) is 1.86. The first-order chi connectivity index (χ1) is 9.00. The van der Waals surface area contributed by atoms with E-state index in [9.17, 15) is 27.9 Å². The van der Waals surface area contributed by atoms with Crippen LogP contribution in [0.3, 0.4) is 0 Å². The van der Waals surface area contributed by atoms with Crippen LogP contribution in [0.4, 0.5) is 13.2 Å². The molecule has 0 bridgehead atoms. The molecule has 0 spiro atoms. The number of hydrogen-bond donors (Lipinski definition) is 2. The topological polar surface area (TPSA) is 66.4 Å². The van der Waals surface area contributed by atoms with Gasteiger partial charge in [-0.3, -0.25) is 4.79 Å². The molecule has 1 aliphatic carbocycles. The van der Waals surface area contributed by atoms with Gasteiger partial charge in [-0.2, -0.15) is 13.2 Å². The molecule has 0 aromatic carbocycles. The maximum absolute atomic E-state index is 12.7. The highest BCUT2D eigenvalue weighted by atomic mass is 19.4. The number of carbonyl (C=O) groups excluding carboxylic acids is 1. The quantitative estimate of drug-likeness (QED) is 0.838. The Bertz CT molecular complexity index is 385. The van der Waals surface area contributed by atoms with Crippen LogP contribution in [0.15, 0.2) is 0 Å². The Morgan fingerprint density at radius 3 is 2.05 bits per heavy atom. The normalized spacial score (nSPS) is 19.4. The van der Waals surface area contributed by atoms with E-state index in [0.717, 1.165) is 20.3 Å². The predicted octanol–water partition coefficient (Wildman–Crippen LogP) is 2.87. The molecule has 20 heavy (non-hydrogen) atoms. The molecule has 0 aromatic rings. The van der Waals surface area contributed by atoms with Crippen molar-refractivity contribution >= 4 is 11.9 Å². The Labute approximate surface area is 115 Å². The lowest BCUT2D eigenvalue weighted by molar-refractivity contribution is -0.214. The first kappa shape index (κ1) is 16.8. The van der Waals surface area contributed by atoms with E-state index in [1.807, 2.05) is 0 Å². The van der Waals surface area contributed by atoms with Gasteiger partial charge in [0.1, 0.15) is 5.54 Å². The van der Waals surface area contributed by atoms with E-state index in [4.69, 9.17) is 0 Å². The number of carboxylic acids is 1. The molecule has 0 aliphatic heterocycles. The summed E-state index contributed by atoms with van der Waals surface area (Å²) in [5, 5.41) is 11.6. The van der Waals surface area contributed by atoms with Gasteiger partial charge in [-0.15, -0.1) is 0 Å². The first-order valence-corrected chi connectivity index (χ1v) is 6.61. The molecule has 0 unspecified atom stereocenters. The van der Waals surface area contributed by atoms with E-state index < -0.39 is 35.4 Å². The molecule has 1 aliphatic rings. The van der Waals surface area contributed by atoms with Crippen LogP contribution in [0.1, 0.15) is 52.4 Å². The summed E-state index contributed by atoms with van der Waals surface area (Å²) in [6.07, 6.45) is -2.58. The fourth-order valence-corrected chi connectivity index (χ4v) is 2.36. The highest BCUT2D eigenvalue weighted by molar-refractivity contribution is 5.87.